The van der Waals surface area contributed by atoms with Gasteiger partial charge in [-0.1, -0.05) is 17.8 Å². The monoisotopic (exact) mass is 395 g/mol. The van der Waals surface area contributed by atoms with Crippen molar-refractivity contribution in [3.8, 4) is 0 Å². The van der Waals surface area contributed by atoms with Crippen molar-refractivity contribution < 1.29 is 14.5 Å². The van der Waals surface area contributed by atoms with Crippen LogP contribution in [0.15, 0.2) is 17.8 Å². The van der Waals surface area contributed by atoms with Crippen LogP contribution in [-0.4, -0.2) is 77.5 Å². The van der Waals surface area contributed by atoms with Crippen molar-refractivity contribution in [1.29, 1.82) is 0 Å². The number of quaternary nitrogens is 1. The maximum atomic E-state index is 12.2. The van der Waals surface area contributed by atoms with Gasteiger partial charge in [-0.05, 0) is 19.3 Å². The van der Waals surface area contributed by atoms with E-state index in [0.29, 0.717) is 6.54 Å². The number of allylic oxidation sites excluding steroid dienone is 1. The van der Waals surface area contributed by atoms with E-state index in [-0.39, 0.29) is 24.1 Å². The molecule has 2 amide bonds. The second-order valence-electron chi connectivity index (χ2n) is 6.82. The molecule has 0 aliphatic carbocycles. The molecule has 1 aromatic rings. The van der Waals surface area contributed by atoms with Gasteiger partial charge in [-0.3, -0.25) is 9.59 Å². The Morgan fingerprint density at radius 3 is 2.74 bits per heavy atom. The highest BCUT2D eigenvalue weighted by Crippen LogP contribution is 2.18. The lowest BCUT2D eigenvalue weighted by atomic mass is 10.1. The van der Waals surface area contributed by atoms with Crippen molar-refractivity contribution in [2.24, 2.45) is 0 Å². The normalized spacial score (nSPS) is 14.7. The van der Waals surface area contributed by atoms with Crippen molar-refractivity contribution in [3.63, 3.8) is 0 Å². The standard InChI is InChI=1S/C18H30N6O2S/c1-4-9-24-15(8-12-23-10-6-5-7-11-23)20-21-18(24)27-14-17(26)22(3)13-16(25)19-2/h4H,1,5-14H2,2-3H3,(H,19,25)/p+1. The number of likely N-dealkylation sites (tertiary alicyclic amines) is 1. The van der Waals surface area contributed by atoms with Gasteiger partial charge in [0.25, 0.3) is 0 Å². The van der Waals surface area contributed by atoms with Crippen LogP contribution in [0, 0.1) is 0 Å². The van der Waals surface area contributed by atoms with E-state index in [1.165, 1.54) is 49.0 Å². The first-order chi connectivity index (χ1) is 13.0. The zero-order valence-corrected chi connectivity index (χ0v) is 17.2. The van der Waals surface area contributed by atoms with Crippen LogP contribution >= 0.6 is 11.8 Å². The molecule has 0 atom stereocenters. The molecule has 0 radical (unpaired) electrons. The first-order valence-electron chi connectivity index (χ1n) is 9.49. The fourth-order valence-electron chi connectivity index (χ4n) is 3.13. The van der Waals surface area contributed by atoms with E-state index in [1.807, 2.05) is 10.6 Å². The van der Waals surface area contributed by atoms with Gasteiger partial charge in [-0.25, -0.2) is 0 Å². The van der Waals surface area contributed by atoms with Crippen LogP contribution in [0.4, 0.5) is 0 Å². The average Bonchev–Trinajstić information content (AvgIpc) is 3.07. The summed E-state index contributed by atoms with van der Waals surface area (Å²) in [5.74, 6) is 0.867. The summed E-state index contributed by atoms with van der Waals surface area (Å²) in [7, 11) is 3.18. The van der Waals surface area contributed by atoms with Gasteiger partial charge >= 0.3 is 0 Å². The van der Waals surface area contributed by atoms with Gasteiger partial charge in [0.1, 0.15) is 5.82 Å². The molecule has 2 heterocycles. The number of carbonyl (C=O) groups excluding carboxylic acids is 2. The zero-order chi connectivity index (χ0) is 19.6. The highest BCUT2D eigenvalue weighted by molar-refractivity contribution is 7.99. The van der Waals surface area contributed by atoms with Gasteiger partial charge in [0.2, 0.25) is 11.8 Å². The number of amides is 2. The van der Waals surface area contributed by atoms with Crippen LogP contribution in [0.3, 0.4) is 0 Å². The Morgan fingerprint density at radius 2 is 2.07 bits per heavy atom. The minimum atomic E-state index is -0.187. The molecule has 2 N–H and O–H groups in total. The van der Waals surface area contributed by atoms with Gasteiger partial charge in [0.15, 0.2) is 5.16 Å². The summed E-state index contributed by atoms with van der Waals surface area (Å²) in [6.45, 7) is 8.05. The maximum Gasteiger partial charge on any atom is 0.239 e. The van der Waals surface area contributed by atoms with Crippen LogP contribution < -0.4 is 10.2 Å². The number of hydrogen-bond donors (Lipinski definition) is 2. The molecular formula is C18H31N6O2S+. The van der Waals surface area contributed by atoms with E-state index >= 15 is 0 Å². The predicted octanol–water partition coefficient (Wildman–Crippen LogP) is -0.628. The minimum Gasteiger partial charge on any atom is -0.358 e. The summed E-state index contributed by atoms with van der Waals surface area (Å²) in [4.78, 5) is 26.7. The van der Waals surface area contributed by atoms with Crippen molar-refractivity contribution in [1.82, 2.24) is 25.0 Å². The Labute approximate surface area is 165 Å². The summed E-state index contributed by atoms with van der Waals surface area (Å²) >= 11 is 1.35. The fourth-order valence-corrected chi connectivity index (χ4v) is 4.04. The third-order valence-corrected chi connectivity index (χ3v) is 5.73. The van der Waals surface area contributed by atoms with E-state index in [2.05, 4.69) is 22.1 Å². The Kier molecular flexibility index (Phi) is 8.80. The Balaban J connectivity index is 1.91. The molecule has 1 fully saturated rings. The zero-order valence-electron chi connectivity index (χ0n) is 16.4. The molecule has 0 spiro atoms. The van der Waals surface area contributed by atoms with Gasteiger partial charge in [0.05, 0.1) is 38.4 Å². The molecule has 150 valence electrons. The number of nitrogens with one attached hydrogen (secondary N) is 2. The van der Waals surface area contributed by atoms with E-state index in [0.717, 1.165) is 23.9 Å². The summed E-state index contributed by atoms with van der Waals surface area (Å²) in [6.07, 6.45) is 6.66. The van der Waals surface area contributed by atoms with Gasteiger partial charge < -0.3 is 19.7 Å². The van der Waals surface area contributed by atoms with E-state index in [4.69, 9.17) is 0 Å². The topological polar surface area (TPSA) is 84.6 Å². The smallest absolute Gasteiger partial charge is 0.239 e. The van der Waals surface area contributed by atoms with Crippen LogP contribution in [0.5, 0.6) is 0 Å². The Bertz CT molecular complexity index is 642. The van der Waals surface area contributed by atoms with Crippen molar-refractivity contribution in [2.45, 2.75) is 37.4 Å². The van der Waals surface area contributed by atoms with Crippen molar-refractivity contribution in [2.75, 3.05) is 46.0 Å². The summed E-state index contributed by atoms with van der Waals surface area (Å²) in [5.41, 5.74) is 0. The summed E-state index contributed by atoms with van der Waals surface area (Å²) < 4.78 is 2.03. The van der Waals surface area contributed by atoms with Crippen molar-refractivity contribution >= 4 is 23.6 Å². The minimum absolute atomic E-state index is 0.0547. The number of hydrogen-bond acceptors (Lipinski definition) is 5. The lowest BCUT2D eigenvalue weighted by Gasteiger charge is -2.23. The molecule has 0 saturated carbocycles. The van der Waals surface area contributed by atoms with E-state index in [1.54, 1.807) is 19.0 Å². The second-order valence-corrected chi connectivity index (χ2v) is 7.76. The number of aromatic nitrogens is 3. The molecule has 0 aromatic carbocycles. The first-order valence-corrected chi connectivity index (χ1v) is 10.5. The largest absolute Gasteiger partial charge is 0.358 e. The molecule has 0 bridgehead atoms. The molecule has 1 aliphatic rings. The quantitative estimate of drug-likeness (QED) is 0.407. The highest BCUT2D eigenvalue weighted by Gasteiger charge is 2.19. The van der Waals surface area contributed by atoms with Gasteiger partial charge in [-0.15, -0.1) is 16.8 Å². The lowest BCUT2D eigenvalue weighted by Crippen LogP contribution is -3.13. The lowest BCUT2D eigenvalue weighted by molar-refractivity contribution is -0.904. The van der Waals surface area contributed by atoms with Crippen LogP contribution in [0.25, 0.3) is 0 Å². The van der Waals surface area contributed by atoms with E-state index in [9.17, 15) is 9.59 Å². The van der Waals surface area contributed by atoms with Crippen LogP contribution in [0.2, 0.25) is 0 Å². The number of nitrogens with zero attached hydrogens (tertiary/aromatic N) is 4. The molecular weight excluding hydrogens is 364 g/mol. The molecule has 1 aliphatic heterocycles. The summed E-state index contributed by atoms with van der Waals surface area (Å²) in [5, 5.41) is 11.9. The highest BCUT2D eigenvalue weighted by atomic mass is 32.2. The summed E-state index contributed by atoms with van der Waals surface area (Å²) in [6, 6.07) is 0. The molecule has 9 heteroatoms. The molecule has 27 heavy (non-hydrogen) atoms. The Hall–Kier alpha value is -1.87. The first kappa shape index (κ1) is 21.4. The number of piperidine rings is 1. The second kappa shape index (κ2) is 11.1. The van der Waals surface area contributed by atoms with E-state index < -0.39 is 0 Å². The predicted molar refractivity (Wildman–Crippen MR) is 106 cm³/mol. The number of likely N-dealkylation sites (N-methyl/N-ethyl adjacent to an activating group) is 2. The molecule has 1 aromatic heterocycles. The molecule has 1 saturated heterocycles. The maximum absolute atomic E-state index is 12.2. The SMILES string of the molecule is C=CCn1c(CC[NH+]2CCCCC2)nnc1SCC(=O)N(C)CC(=O)NC. The van der Waals surface area contributed by atoms with Crippen LogP contribution in [0.1, 0.15) is 25.1 Å². The number of carbonyl (C=O) groups is 2. The third kappa shape index (κ3) is 6.66. The van der Waals surface area contributed by atoms with Gasteiger partial charge in [-0.2, -0.15) is 0 Å². The van der Waals surface area contributed by atoms with Gasteiger partial charge in [0, 0.05) is 20.6 Å². The molecule has 2 rings (SSSR count). The molecule has 0 unspecified atom stereocenters. The Morgan fingerprint density at radius 1 is 1.33 bits per heavy atom. The third-order valence-electron chi connectivity index (χ3n) is 4.78. The number of thioether (sulfide) groups is 1. The van der Waals surface area contributed by atoms with Crippen LogP contribution in [-0.2, 0) is 22.6 Å². The molecule has 8 nitrogen and oxygen atoms in total. The number of rotatable bonds is 10. The fraction of sp³-hybridized carbons (Fsp3) is 0.667. The van der Waals surface area contributed by atoms with Crippen molar-refractivity contribution in [3.05, 3.63) is 18.5 Å². The average molecular weight is 396 g/mol.